The molecule has 0 amide bonds. The van der Waals surface area contributed by atoms with E-state index in [2.05, 4.69) is 30.5 Å². The van der Waals surface area contributed by atoms with Crippen molar-refractivity contribution in [2.45, 2.75) is 20.8 Å². The van der Waals surface area contributed by atoms with Crippen LogP contribution >= 0.6 is 0 Å². The summed E-state index contributed by atoms with van der Waals surface area (Å²) in [4.78, 5) is 13.2. The summed E-state index contributed by atoms with van der Waals surface area (Å²) >= 11 is 0. The third-order valence-electron chi connectivity index (χ3n) is 3.10. The lowest BCUT2D eigenvalue weighted by Gasteiger charge is -2.08. The lowest BCUT2D eigenvalue weighted by Crippen LogP contribution is -2.07. The van der Waals surface area contributed by atoms with Gasteiger partial charge < -0.3 is 5.32 Å². The Morgan fingerprint density at radius 1 is 1.32 bits per heavy atom. The summed E-state index contributed by atoms with van der Waals surface area (Å²) in [6, 6.07) is 0. The summed E-state index contributed by atoms with van der Waals surface area (Å²) in [5, 5.41) is 10.9. The highest BCUT2D eigenvalue weighted by molar-refractivity contribution is 5.83. The smallest absolute Gasteiger partial charge is 0.226 e. The number of aromatic nitrogens is 6. The Morgan fingerprint density at radius 2 is 2.16 bits per heavy atom. The normalized spacial score (nSPS) is 11.1. The number of hydrogen-bond donors (Lipinski definition) is 2. The first-order valence-electron chi connectivity index (χ1n) is 6.16. The van der Waals surface area contributed by atoms with Crippen molar-refractivity contribution in [2.24, 2.45) is 0 Å². The van der Waals surface area contributed by atoms with E-state index in [0.717, 1.165) is 29.1 Å². The van der Waals surface area contributed by atoms with Crippen LogP contribution in [-0.4, -0.2) is 36.3 Å². The number of H-pyrrole nitrogens is 1. The molecule has 7 nitrogen and oxygen atoms in total. The Hall–Kier alpha value is -2.44. The van der Waals surface area contributed by atoms with Crippen molar-refractivity contribution >= 4 is 17.0 Å². The number of anilines is 1. The lowest BCUT2D eigenvalue weighted by molar-refractivity contribution is 0.948. The molecule has 0 aromatic carbocycles. The van der Waals surface area contributed by atoms with Crippen LogP contribution in [0.25, 0.3) is 16.9 Å². The molecule has 0 radical (unpaired) electrons. The predicted molar refractivity (Wildman–Crippen MR) is 72.4 cm³/mol. The van der Waals surface area contributed by atoms with E-state index in [1.54, 1.807) is 12.5 Å². The van der Waals surface area contributed by atoms with Crippen LogP contribution in [0.1, 0.15) is 18.3 Å². The van der Waals surface area contributed by atoms with E-state index in [9.17, 15) is 0 Å². The minimum absolute atomic E-state index is 0.583. The van der Waals surface area contributed by atoms with Gasteiger partial charge in [0.1, 0.15) is 6.33 Å². The van der Waals surface area contributed by atoms with Gasteiger partial charge in [-0.3, -0.25) is 9.67 Å². The Balaban J connectivity index is 2.26. The van der Waals surface area contributed by atoms with Crippen LogP contribution in [0.15, 0.2) is 12.5 Å². The highest BCUT2D eigenvalue weighted by Gasteiger charge is 2.13. The zero-order chi connectivity index (χ0) is 13.4. The van der Waals surface area contributed by atoms with Gasteiger partial charge in [0.15, 0.2) is 11.5 Å². The molecule has 0 aliphatic carbocycles. The molecule has 0 aliphatic rings. The Kier molecular flexibility index (Phi) is 2.66. The predicted octanol–water partition coefficient (Wildman–Crippen LogP) is 1.59. The average Bonchev–Trinajstić information content (AvgIpc) is 2.98. The van der Waals surface area contributed by atoms with Gasteiger partial charge in [0.25, 0.3) is 0 Å². The first kappa shape index (κ1) is 11.6. The zero-order valence-electron chi connectivity index (χ0n) is 11.1. The van der Waals surface area contributed by atoms with Crippen molar-refractivity contribution in [1.82, 2.24) is 29.7 Å². The Labute approximate surface area is 110 Å². The second-order valence-electron chi connectivity index (χ2n) is 4.32. The van der Waals surface area contributed by atoms with Crippen LogP contribution in [0.3, 0.4) is 0 Å². The number of fused-ring (bicyclic) bond motifs is 1. The third-order valence-corrected chi connectivity index (χ3v) is 3.10. The van der Waals surface area contributed by atoms with Crippen LogP contribution in [-0.2, 0) is 0 Å². The van der Waals surface area contributed by atoms with Gasteiger partial charge in [0.2, 0.25) is 5.95 Å². The SMILES string of the molecule is CCNc1nc(-n2cnc(C)c2C)c2cn[nH]c2n1. The van der Waals surface area contributed by atoms with Crippen molar-refractivity contribution in [3.8, 4) is 5.82 Å². The maximum atomic E-state index is 4.55. The van der Waals surface area contributed by atoms with Crippen molar-refractivity contribution in [1.29, 1.82) is 0 Å². The third kappa shape index (κ3) is 1.83. The molecule has 2 N–H and O–H groups in total. The van der Waals surface area contributed by atoms with Gasteiger partial charge in [-0.2, -0.15) is 15.1 Å². The first-order chi connectivity index (χ1) is 9.20. The number of rotatable bonds is 3. The van der Waals surface area contributed by atoms with Gasteiger partial charge in [-0.15, -0.1) is 0 Å². The number of nitrogens with zero attached hydrogens (tertiary/aromatic N) is 5. The molecule has 3 aromatic rings. The molecule has 7 heteroatoms. The minimum Gasteiger partial charge on any atom is -0.354 e. The summed E-state index contributed by atoms with van der Waals surface area (Å²) in [6.07, 6.45) is 3.50. The molecule has 98 valence electrons. The topological polar surface area (TPSA) is 84.3 Å². The Morgan fingerprint density at radius 3 is 2.84 bits per heavy atom. The first-order valence-corrected chi connectivity index (χ1v) is 6.16. The summed E-state index contributed by atoms with van der Waals surface area (Å²) < 4.78 is 1.95. The van der Waals surface area contributed by atoms with E-state index in [0.29, 0.717) is 11.6 Å². The van der Waals surface area contributed by atoms with Crippen LogP contribution < -0.4 is 5.32 Å². The van der Waals surface area contributed by atoms with Crippen LogP contribution in [0.2, 0.25) is 0 Å². The number of imidazole rings is 1. The monoisotopic (exact) mass is 257 g/mol. The van der Waals surface area contributed by atoms with Gasteiger partial charge >= 0.3 is 0 Å². The molecule has 0 saturated heterocycles. The average molecular weight is 257 g/mol. The van der Waals surface area contributed by atoms with E-state index < -0.39 is 0 Å². The second kappa shape index (κ2) is 4.34. The fourth-order valence-corrected chi connectivity index (χ4v) is 1.95. The van der Waals surface area contributed by atoms with E-state index >= 15 is 0 Å². The molecule has 3 aromatic heterocycles. The molecule has 0 bridgehead atoms. The molecule has 0 fully saturated rings. The van der Waals surface area contributed by atoms with Gasteiger partial charge in [0, 0.05) is 12.2 Å². The maximum Gasteiger partial charge on any atom is 0.226 e. The molecule has 19 heavy (non-hydrogen) atoms. The fourth-order valence-electron chi connectivity index (χ4n) is 1.95. The largest absolute Gasteiger partial charge is 0.354 e. The van der Waals surface area contributed by atoms with E-state index in [-0.39, 0.29) is 0 Å². The van der Waals surface area contributed by atoms with Gasteiger partial charge in [-0.05, 0) is 20.8 Å². The number of hydrogen-bond acceptors (Lipinski definition) is 5. The van der Waals surface area contributed by atoms with E-state index in [4.69, 9.17) is 0 Å². The van der Waals surface area contributed by atoms with Gasteiger partial charge in [-0.25, -0.2) is 4.98 Å². The van der Waals surface area contributed by atoms with Gasteiger partial charge in [-0.1, -0.05) is 0 Å². The van der Waals surface area contributed by atoms with Crippen LogP contribution in [0, 0.1) is 13.8 Å². The molecule has 0 spiro atoms. The van der Waals surface area contributed by atoms with Crippen molar-refractivity contribution in [3.05, 3.63) is 23.9 Å². The van der Waals surface area contributed by atoms with Crippen LogP contribution in [0.4, 0.5) is 5.95 Å². The lowest BCUT2D eigenvalue weighted by atomic mass is 10.3. The van der Waals surface area contributed by atoms with Crippen molar-refractivity contribution in [2.75, 3.05) is 11.9 Å². The maximum absolute atomic E-state index is 4.55. The molecule has 0 unspecified atom stereocenters. The molecule has 0 saturated carbocycles. The number of nitrogens with one attached hydrogen (secondary N) is 2. The zero-order valence-corrected chi connectivity index (χ0v) is 11.1. The highest BCUT2D eigenvalue weighted by Crippen LogP contribution is 2.21. The van der Waals surface area contributed by atoms with Crippen LogP contribution in [0.5, 0.6) is 0 Å². The molecule has 0 aliphatic heterocycles. The fraction of sp³-hybridized carbons (Fsp3) is 0.333. The summed E-state index contributed by atoms with van der Waals surface area (Å²) in [5.74, 6) is 1.37. The van der Waals surface area contributed by atoms with Crippen molar-refractivity contribution < 1.29 is 0 Å². The summed E-state index contributed by atoms with van der Waals surface area (Å²) in [5.41, 5.74) is 2.76. The molecule has 3 rings (SSSR count). The Bertz CT molecular complexity index is 725. The second-order valence-corrected chi connectivity index (χ2v) is 4.32. The molecule has 0 atom stereocenters. The highest BCUT2D eigenvalue weighted by atomic mass is 15.2. The van der Waals surface area contributed by atoms with Gasteiger partial charge in [0.05, 0.1) is 17.3 Å². The molecular formula is C12H15N7. The van der Waals surface area contributed by atoms with E-state index in [1.807, 2.05) is 25.3 Å². The summed E-state index contributed by atoms with van der Waals surface area (Å²) in [6.45, 7) is 6.77. The van der Waals surface area contributed by atoms with E-state index in [1.165, 1.54) is 0 Å². The molecular weight excluding hydrogens is 242 g/mol. The molecule has 3 heterocycles. The summed E-state index contributed by atoms with van der Waals surface area (Å²) in [7, 11) is 0. The minimum atomic E-state index is 0.583. The quantitative estimate of drug-likeness (QED) is 0.744. The number of aromatic amines is 1. The standard InChI is InChI=1S/C12H15N7/c1-4-13-12-16-10-9(5-15-18-10)11(17-12)19-6-14-7(2)8(19)3/h5-6H,4H2,1-3H3,(H2,13,15,16,17,18). The number of aryl methyl sites for hydroxylation is 1. The van der Waals surface area contributed by atoms with Crippen molar-refractivity contribution in [3.63, 3.8) is 0 Å².